The standard InChI is InChI=1S/C15H21N3O3S/c1-11(2)15-16-9-14(18-15)22(20,21)17-8-7-12-3-5-13(10-19)6-4-12/h3-6,9,11,17,19H,7-8,10H2,1-2H3,(H,16,18). The molecule has 0 aliphatic rings. The topological polar surface area (TPSA) is 95.1 Å². The summed E-state index contributed by atoms with van der Waals surface area (Å²) in [6.45, 7) is 4.19. The molecule has 0 unspecified atom stereocenters. The minimum absolute atomic E-state index is 0.00488. The number of H-pyrrole nitrogens is 1. The number of aromatic nitrogens is 2. The molecule has 0 radical (unpaired) electrons. The number of imidazole rings is 1. The van der Waals surface area contributed by atoms with Gasteiger partial charge in [0.1, 0.15) is 5.82 Å². The first-order valence-electron chi connectivity index (χ1n) is 7.15. The highest BCUT2D eigenvalue weighted by Gasteiger charge is 2.17. The smallest absolute Gasteiger partial charge is 0.257 e. The van der Waals surface area contributed by atoms with Crippen LogP contribution in [0.3, 0.4) is 0 Å². The molecule has 0 saturated heterocycles. The van der Waals surface area contributed by atoms with Gasteiger partial charge in [0.25, 0.3) is 10.0 Å². The Balaban J connectivity index is 1.94. The Morgan fingerprint density at radius 3 is 2.41 bits per heavy atom. The van der Waals surface area contributed by atoms with Crippen LogP contribution in [0.1, 0.15) is 36.7 Å². The lowest BCUT2D eigenvalue weighted by atomic mass is 10.1. The van der Waals surface area contributed by atoms with Crippen molar-refractivity contribution in [3.8, 4) is 0 Å². The monoisotopic (exact) mass is 323 g/mol. The van der Waals surface area contributed by atoms with Gasteiger partial charge in [-0.05, 0) is 17.5 Å². The molecule has 3 N–H and O–H groups in total. The largest absolute Gasteiger partial charge is 0.392 e. The molecule has 2 aromatic rings. The second kappa shape index (κ2) is 7.04. The van der Waals surface area contributed by atoms with Crippen molar-refractivity contribution < 1.29 is 13.5 Å². The number of sulfonamides is 1. The van der Waals surface area contributed by atoms with Crippen molar-refractivity contribution in [3.05, 3.63) is 47.4 Å². The number of hydrogen-bond donors (Lipinski definition) is 3. The van der Waals surface area contributed by atoms with Gasteiger partial charge in [0.15, 0.2) is 5.03 Å². The summed E-state index contributed by atoms with van der Waals surface area (Å²) in [5.41, 5.74) is 1.84. The first-order valence-corrected chi connectivity index (χ1v) is 8.64. The minimum Gasteiger partial charge on any atom is -0.392 e. The van der Waals surface area contributed by atoms with Crippen LogP contribution < -0.4 is 4.72 Å². The average Bonchev–Trinajstić information content (AvgIpc) is 2.99. The van der Waals surface area contributed by atoms with E-state index in [0.717, 1.165) is 11.1 Å². The summed E-state index contributed by atoms with van der Waals surface area (Å²) in [5, 5.41) is 9.07. The molecular formula is C15H21N3O3S. The zero-order valence-corrected chi connectivity index (χ0v) is 13.5. The van der Waals surface area contributed by atoms with E-state index < -0.39 is 10.0 Å². The zero-order valence-electron chi connectivity index (χ0n) is 12.7. The van der Waals surface area contributed by atoms with Gasteiger partial charge in [0, 0.05) is 12.5 Å². The van der Waals surface area contributed by atoms with E-state index in [1.54, 1.807) is 0 Å². The highest BCUT2D eigenvalue weighted by Crippen LogP contribution is 2.13. The number of hydrogen-bond acceptors (Lipinski definition) is 4. The fourth-order valence-electron chi connectivity index (χ4n) is 1.97. The Hall–Kier alpha value is -1.70. The van der Waals surface area contributed by atoms with Gasteiger partial charge in [0.05, 0.1) is 12.8 Å². The van der Waals surface area contributed by atoms with Crippen LogP contribution in [-0.2, 0) is 23.1 Å². The van der Waals surface area contributed by atoms with Crippen LogP contribution in [0, 0.1) is 0 Å². The predicted molar refractivity (Wildman–Crippen MR) is 83.9 cm³/mol. The summed E-state index contributed by atoms with van der Waals surface area (Å²) >= 11 is 0. The fraction of sp³-hybridized carbons (Fsp3) is 0.400. The van der Waals surface area contributed by atoms with E-state index in [1.807, 2.05) is 38.1 Å². The molecular weight excluding hydrogens is 302 g/mol. The summed E-state index contributed by atoms with van der Waals surface area (Å²) < 4.78 is 26.8. The second-order valence-electron chi connectivity index (χ2n) is 5.41. The first kappa shape index (κ1) is 16.7. The van der Waals surface area contributed by atoms with E-state index in [2.05, 4.69) is 14.7 Å². The predicted octanol–water partition coefficient (Wildman–Crippen LogP) is 1.55. The van der Waals surface area contributed by atoms with Crippen LogP contribution in [0.2, 0.25) is 0 Å². The molecule has 2 rings (SSSR count). The zero-order chi connectivity index (χ0) is 16.2. The summed E-state index contributed by atoms with van der Waals surface area (Å²) in [6, 6.07) is 7.42. The van der Waals surface area contributed by atoms with Crippen LogP contribution in [0.15, 0.2) is 35.5 Å². The molecule has 6 nitrogen and oxygen atoms in total. The lowest BCUT2D eigenvalue weighted by Crippen LogP contribution is -2.26. The molecule has 0 aliphatic carbocycles. The van der Waals surface area contributed by atoms with E-state index in [0.29, 0.717) is 18.8 Å². The van der Waals surface area contributed by atoms with Crippen LogP contribution in [-0.4, -0.2) is 30.0 Å². The SMILES string of the molecule is CC(C)c1ncc(S(=O)(=O)NCCc2ccc(CO)cc2)[nH]1. The first-order chi connectivity index (χ1) is 10.4. The molecule has 22 heavy (non-hydrogen) atoms. The maximum absolute atomic E-state index is 12.1. The van der Waals surface area contributed by atoms with Crippen LogP contribution in [0.4, 0.5) is 0 Å². The van der Waals surface area contributed by atoms with Gasteiger partial charge >= 0.3 is 0 Å². The van der Waals surface area contributed by atoms with Gasteiger partial charge in [0.2, 0.25) is 0 Å². The van der Waals surface area contributed by atoms with E-state index in [1.165, 1.54) is 6.20 Å². The van der Waals surface area contributed by atoms with E-state index in [4.69, 9.17) is 5.11 Å². The van der Waals surface area contributed by atoms with Gasteiger partial charge in [-0.1, -0.05) is 38.1 Å². The normalized spacial score (nSPS) is 12.0. The van der Waals surface area contributed by atoms with E-state index in [9.17, 15) is 8.42 Å². The Labute approximate surface area is 130 Å². The highest BCUT2D eigenvalue weighted by atomic mass is 32.2. The van der Waals surface area contributed by atoms with E-state index in [-0.39, 0.29) is 17.6 Å². The fourth-order valence-corrected chi connectivity index (χ4v) is 2.92. The molecule has 1 heterocycles. The average molecular weight is 323 g/mol. The summed E-state index contributed by atoms with van der Waals surface area (Å²) in [7, 11) is -3.56. The Morgan fingerprint density at radius 1 is 1.23 bits per heavy atom. The third-order valence-electron chi connectivity index (χ3n) is 3.32. The van der Waals surface area contributed by atoms with Crippen LogP contribution in [0.5, 0.6) is 0 Å². The molecule has 0 aliphatic heterocycles. The number of rotatable bonds is 7. The summed E-state index contributed by atoms with van der Waals surface area (Å²) in [4.78, 5) is 6.90. The lowest BCUT2D eigenvalue weighted by molar-refractivity contribution is 0.282. The number of nitrogens with zero attached hydrogens (tertiary/aromatic N) is 1. The number of nitrogens with one attached hydrogen (secondary N) is 2. The number of aliphatic hydroxyl groups is 1. The van der Waals surface area contributed by atoms with E-state index >= 15 is 0 Å². The third-order valence-corrected chi connectivity index (χ3v) is 4.69. The Kier molecular flexibility index (Phi) is 5.33. The van der Waals surface area contributed by atoms with Crippen molar-refractivity contribution in [2.24, 2.45) is 0 Å². The number of aromatic amines is 1. The highest BCUT2D eigenvalue weighted by molar-refractivity contribution is 7.89. The molecule has 1 aromatic heterocycles. The molecule has 0 atom stereocenters. The van der Waals surface area contributed by atoms with Gasteiger partial charge < -0.3 is 10.1 Å². The Morgan fingerprint density at radius 2 is 1.86 bits per heavy atom. The maximum Gasteiger partial charge on any atom is 0.257 e. The minimum atomic E-state index is -3.56. The summed E-state index contributed by atoms with van der Waals surface area (Å²) in [6.07, 6.45) is 1.92. The lowest BCUT2D eigenvalue weighted by Gasteiger charge is -2.06. The van der Waals surface area contributed by atoms with Crippen molar-refractivity contribution in [2.75, 3.05) is 6.54 Å². The third kappa shape index (κ3) is 4.16. The molecule has 0 bridgehead atoms. The van der Waals surface area contributed by atoms with Crippen molar-refractivity contribution in [3.63, 3.8) is 0 Å². The molecule has 7 heteroatoms. The molecule has 0 spiro atoms. The van der Waals surface area contributed by atoms with Gasteiger partial charge in [-0.15, -0.1) is 0 Å². The van der Waals surface area contributed by atoms with Crippen molar-refractivity contribution in [1.82, 2.24) is 14.7 Å². The molecule has 0 amide bonds. The quantitative estimate of drug-likeness (QED) is 0.720. The Bertz CT molecular complexity index is 706. The molecule has 120 valence electrons. The second-order valence-corrected chi connectivity index (χ2v) is 7.15. The van der Waals surface area contributed by atoms with Gasteiger partial charge in [-0.2, -0.15) is 0 Å². The molecule has 0 saturated carbocycles. The van der Waals surface area contributed by atoms with Crippen molar-refractivity contribution in [2.45, 2.75) is 37.8 Å². The summed E-state index contributed by atoms with van der Waals surface area (Å²) in [5.74, 6) is 0.800. The van der Waals surface area contributed by atoms with Crippen molar-refractivity contribution in [1.29, 1.82) is 0 Å². The molecule has 1 aromatic carbocycles. The van der Waals surface area contributed by atoms with Gasteiger partial charge in [-0.3, -0.25) is 0 Å². The maximum atomic E-state index is 12.1. The van der Waals surface area contributed by atoms with Crippen LogP contribution in [0.25, 0.3) is 0 Å². The molecule has 0 fully saturated rings. The number of aliphatic hydroxyl groups excluding tert-OH is 1. The van der Waals surface area contributed by atoms with Gasteiger partial charge in [-0.25, -0.2) is 18.1 Å². The number of benzene rings is 1. The van der Waals surface area contributed by atoms with Crippen molar-refractivity contribution >= 4 is 10.0 Å². The van der Waals surface area contributed by atoms with Crippen LogP contribution >= 0.6 is 0 Å².